The number of methoxy groups -OCH3 is 2. The zero-order valence-corrected chi connectivity index (χ0v) is 11.8. The minimum atomic E-state index is -0.534. The zero-order valence-electron chi connectivity index (χ0n) is 11.0. The molecule has 0 heterocycles. The summed E-state index contributed by atoms with van der Waals surface area (Å²) in [5.41, 5.74) is 0.643. The molecule has 0 spiro atoms. The Bertz CT molecular complexity index is 451. The molecule has 0 aliphatic rings. The van der Waals surface area contributed by atoms with Gasteiger partial charge in [0, 0.05) is 0 Å². The highest BCUT2D eigenvalue weighted by Crippen LogP contribution is 2.22. The number of halogens is 1. The molecule has 1 amide bonds. The summed E-state index contributed by atoms with van der Waals surface area (Å²) in [6, 6.07) is 4.76. The Labute approximate surface area is 117 Å². The van der Waals surface area contributed by atoms with E-state index in [1.54, 1.807) is 19.2 Å². The molecule has 1 rings (SSSR count). The zero-order chi connectivity index (χ0) is 13.5. The van der Waals surface area contributed by atoms with Crippen LogP contribution in [0.4, 0.5) is 5.69 Å². The van der Waals surface area contributed by atoms with Crippen molar-refractivity contribution < 1.29 is 19.1 Å². The number of nitrogens with one attached hydrogen (secondary N) is 2. The van der Waals surface area contributed by atoms with Gasteiger partial charge in [-0.05, 0) is 25.2 Å². The Morgan fingerprint density at radius 1 is 1.26 bits per heavy atom. The number of hydrogen-bond acceptors (Lipinski definition) is 5. The van der Waals surface area contributed by atoms with Crippen LogP contribution < -0.4 is 15.4 Å². The summed E-state index contributed by atoms with van der Waals surface area (Å²) in [5, 5.41) is 5.34. The second-order valence-electron chi connectivity index (χ2n) is 3.48. The Morgan fingerprint density at radius 2 is 1.95 bits per heavy atom. The Morgan fingerprint density at radius 3 is 2.47 bits per heavy atom. The summed E-state index contributed by atoms with van der Waals surface area (Å²) in [6.45, 7) is 0.159. The first-order valence-electron chi connectivity index (χ1n) is 5.33. The van der Waals surface area contributed by atoms with Crippen molar-refractivity contribution >= 4 is 30.0 Å². The first-order valence-corrected chi connectivity index (χ1v) is 5.33. The van der Waals surface area contributed by atoms with Crippen LogP contribution in [0.2, 0.25) is 0 Å². The number of esters is 1. The standard InChI is InChI=1S/C12H16N2O4.ClH/c1-13-7-11(15)14-10-5-4-8(17-2)6-9(10)12(16)18-3;/h4-6,13H,7H2,1-3H3,(H,14,15);1H. The second-order valence-corrected chi connectivity index (χ2v) is 3.48. The maximum Gasteiger partial charge on any atom is 0.340 e. The molecule has 0 fully saturated rings. The molecule has 0 aromatic heterocycles. The molecule has 1 aromatic carbocycles. The molecular weight excluding hydrogens is 272 g/mol. The molecule has 19 heavy (non-hydrogen) atoms. The van der Waals surface area contributed by atoms with Gasteiger partial charge in [-0.25, -0.2) is 4.79 Å². The third-order valence-electron chi connectivity index (χ3n) is 2.24. The average molecular weight is 289 g/mol. The summed E-state index contributed by atoms with van der Waals surface area (Å²) in [6.07, 6.45) is 0. The van der Waals surface area contributed by atoms with Gasteiger partial charge in [-0.1, -0.05) is 0 Å². The smallest absolute Gasteiger partial charge is 0.340 e. The fourth-order valence-corrected chi connectivity index (χ4v) is 1.39. The third kappa shape index (κ3) is 4.76. The van der Waals surface area contributed by atoms with Gasteiger partial charge in [0.15, 0.2) is 0 Å². The molecule has 0 saturated heterocycles. The third-order valence-corrected chi connectivity index (χ3v) is 2.24. The van der Waals surface area contributed by atoms with E-state index in [0.717, 1.165) is 0 Å². The van der Waals surface area contributed by atoms with Crippen LogP contribution in [0.15, 0.2) is 18.2 Å². The average Bonchev–Trinajstić information content (AvgIpc) is 2.38. The van der Waals surface area contributed by atoms with Gasteiger partial charge in [-0.15, -0.1) is 12.4 Å². The van der Waals surface area contributed by atoms with Gasteiger partial charge in [0.2, 0.25) is 5.91 Å². The van der Waals surface area contributed by atoms with Crippen LogP contribution in [0.5, 0.6) is 5.75 Å². The highest BCUT2D eigenvalue weighted by atomic mass is 35.5. The number of rotatable bonds is 5. The molecule has 7 heteroatoms. The largest absolute Gasteiger partial charge is 0.497 e. The number of amides is 1. The van der Waals surface area contributed by atoms with Gasteiger partial charge in [-0.3, -0.25) is 4.79 Å². The minimum absolute atomic E-state index is 0. The van der Waals surface area contributed by atoms with Crippen molar-refractivity contribution in [2.75, 3.05) is 33.1 Å². The predicted octanol–water partition coefficient (Wildman–Crippen LogP) is 1.06. The van der Waals surface area contributed by atoms with Crippen molar-refractivity contribution in [3.63, 3.8) is 0 Å². The van der Waals surface area contributed by atoms with Crippen molar-refractivity contribution in [3.05, 3.63) is 23.8 Å². The van der Waals surface area contributed by atoms with E-state index in [0.29, 0.717) is 11.4 Å². The Kier molecular flexibility index (Phi) is 7.55. The second kappa shape index (κ2) is 8.34. The van der Waals surface area contributed by atoms with Crippen LogP contribution >= 0.6 is 12.4 Å². The Balaban J connectivity index is 0.00000324. The molecule has 0 aliphatic carbocycles. The van der Waals surface area contributed by atoms with Gasteiger partial charge in [0.05, 0.1) is 32.0 Å². The number of anilines is 1. The summed E-state index contributed by atoms with van der Waals surface area (Å²) >= 11 is 0. The summed E-state index contributed by atoms with van der Waals surface area (Å²) in [5.74, 6) is -0.261. The highest BCUT2D eigenvalue weighted by Gasteiger charge is 2.14. The topological polar surface area (TPSA) is 76.7 Å². The number of hydrogen-bond donors (Lipinski definition) is 2. The maximum absolute atomic E-state index is 11.6. The molecule has 6 nitrogen and oxygen atoms in total. The quantitative estimate of drug-likeness (QED) is 0.793. The molecule has 1 aromatic rings. The van der Waals surface area contributed by atoms with E-state index in [9.17, 15) is 9.59 Å². The minimum Gasteiger partial charge on any atom is -0.497 e. The number of carbonyl (C=O) groups is 2. The molecule has 0 bridgehead atoms. The molecule has 0 aliphatic heterocycles. The molecular formula is C12H17ClN2O4. The number of ether oxygens (including phenoxy) is 2. The lowest BCUT2D eigenvalue weighted by Gasteiger charge is -2.11. The van der Waals surface area contributed by atoms with E-state index in [-0.39, 0.29) is 30.4 Å². The normalized spacial score (nSPS) is 9.21. The van der Waals surface area contributed by atoms with Gasteiger partial charge in [-0.2, -0.15) is 0 Å². The summed E-state index contributed by atoms with van der Waals surface area (Å²) < 4.78 is 9.68. The van der Waals surface area contributed by atoms with Crippen molar-refractivity contribution in [2.45, 2.75) is 0 Å². The number of carbonyl (C=O) groups excluding carboxylic acids is 2. The van der Waals surface area contributed by atoms with Gasteiger partial charge >= 0.3 is 5.97 Å². The van der Waals surface area contributed by atoms with E-state index >= 15 is 0 Å². The molecule has 106 valence electrons. The van der Waals surface area contributed by atoms with Gasteiger partial charge in [0.25, 0.3) is 0 Å². The van der Waals surface area contributed by atoms with Crippen molar-refractivity contribution in [3.8, 4) is 5.75 Å². The Hall–Kier alpha value is -1.79. The predicted molar refractivity (Wildman–Crippen MR) is 74.1 cm³/mol. The van der Waals surface area contributed by atoms with E-state index in [2.05, 4.69) is 15.4 Å². The lowest BCUT2D eigenvalue weighted by Crippen LogP contribution is -2.26. The van der Waals surface area contributed by atoms with E-state index < -0.39 is 5.97 Å². The number of likely N-dealkylation sites (N-methyl/N-ethyl adjacent to an activating group) is 1. The fraction of sp³-hybridized carbons (Fsp3) is 0.333. The molecule has 0 atom stereocenters. The van der Waals surface area contributed by atoms with Crippen molar-refractivity contribution in [2.24, 2.45) is 0 Å². The molecule has 0 radical (unpaired) electrons. The van der Waals surface area contributed by atoms with Crippen LogP contribution in [-0.4, -0.2) is 39.7 Å². The van der Waals surface area contributed by atoms with E-state index in [4.69, 9.17) is 4.74 Å². The van der Waals surface area contributed by atoms with Crippen molar-refractivity contribution in [1.82, 2.24) is 5.32 Å². The summed E-state index contributed by atoms with van der Waals surface area (Å²) in [4.78, 5) is 23.1. The monoisotopic (exact) mass is 288 g/mol. The van der Waals surface area contributed by atoms with Crippen LogP contribution in [0.1, 0.15) is 10.4 Å². The van der Waals surface area contributed by atoms with E-state index in [1.807, 2.05) is 0 Å². The van der Waals surface area contributed by atoms with Crippen molar-refractivity contribution in [1.29, 1.82) is 0 Å². The first kappa shape index (κ1) is 17.2. The fourth-order valence-electron chi connectivity index (χ4n) is 1.39. The van der Waals surface area contributed by atoms with Gasteiger partial charge < -0.3 is 20.1 Å². The van der Waals surface area contributed by atoms with Crippen LogP contribution in [0.3, 0.4) is 0 Å². The summed E-state index contributed by atoms with van der Waals surface area (Å²) in [7, 11) is 4.44. The SMILES string of the molecule is CNCC(=O)Nc1ccc(OC)cc1C(=O)OC.Cl. The van der Waals surface area contributed by atoms with E-state index in [1.165, 1.54) is 20.3 Å². The molecule has 2 N–H and O–H groups in total. The van der Waals surface area contributed by atoms with Crippen LogP contribution in [-0.2, 0) is 9.53 Å². The van der Waals surface area contributed by atoms with Crippen LogP contribution in [0, 0.1) is 0 Å². The molecule has 0 unspecified atom stereocenters. The first-order chi connectivity index (χ1) is 8.62. The van der Waals surface area contributed by atoms with Gasteiger partial charge in [0.1, 0.15) is 5.75 Å². The van der Waals surface area contributed by atoms with Crippen LogP contribution in [0.25, 0.3) is 0 Å². The molecule has 0 saturated carbocycles. The lowest BCUT2D eigenvalue weighted by atomic mass is 10.1. The lowest BCUT2D eigenvalue weighted by molar-refractivity contribution is -0.115. The highest BCUT2D eigenvalue weighted by molar-refractivity contribution is 6.02. The maximum atomic E-state index is 11.6. The number of benzene rings is 1.